The van der Waals surface area contributed by atoms with E-state index in [1.807, 2.05) is 36.6 Å². The Bertz CT molecular complexity index is 972. The van der Waals surface area contributed by atoms with Gasteiger partial charge in [0, 0.05) is 0 Å². The first-order chi connectivity index (χ1) is 15.4. The molecule has 1 nitrogen and oxygen atoms in total. The summed E-state index contributed by atoms with van der Waals surface area (Å²) < 4.78 is 6.65. The molecule has 0 spiro atoms. The summed E-state index contributed by atoms with van der Waals surface area (Å²) in [6, 6.07) is 18.7. The molecule has 176 valence electrons. The first kappa shape index (κ1) is 27.6. The van der Waals surface area contributed by atoms with Gasteiger partial charge in [-0.05, 0) is 35.5 Å². The van der Waals surface area contributed by atoms with E-state index in [9.17, 15) is 0 Å². The van der Waals surface area contributed by atoms with Crippen molar-refractivity contribution in [3.05, 3.63) is 95.3 Å². The van der Waals surface area contributed by atoms with Crippen molar-refractivity contribution in [3.63, 3.8) is 0 Å². The summed E-state index contributed by atoms with van der Waals surface area (Å²) in [7, 11) is 0. The Labute approximate surface area is 212 Å². The fourth-order valence-electron chi connectivity index (χ4n) is 3.26. The van der Waals surface area contributed by atoms with Crippen LogP contribution >= 0.6 is 0 Å². The van der Waals surface area contributed by atoms with Gasteiger partial charge in [-0.25, -0.2) is 0 Å². The molecule has 0 aliphatic heterocycles. The van der Waals surface area contributed by atoms with E-state index in [-0.39, 0.29) is 17.5 Å². The van der Waals surface area contributed by atoms with Gasteiger partial charge in [-0.1, -0.05) is 71.4 Å². The van der Waals surface area contributed by atoms with Gasteiger partial charge < -0.3 is 4.74 Å². The summed E-state index contributed by atoms with van der Waals surface area (Å²) in [5.41, 5.74) is 5.86. The molecule has 2 aromatic carbocycles. The van der Waals surface area contributed by atoms with Crippen molar-refractivity contribution in [2.24, 2.45) is 10.8 Å². The first-order valence-corrected chi connectivity index (χ1v) is 18.5. The van der Waals surface area contributed by atoms with Gasteiger partial charge in [-0.15, -0.1) is 0 Å². The summed E-state index contributed by atoms with van der Waals surface area (Å²) in [6.45, 7) is 20.2. The Balaban J connectivity index is 0.000000254. The van der Waals surface area contributed by atoms with Crippen molar-refractivity contribution in [3.8, 4) is 5.75 Å². The van der Waals surface area contributed by atoms with Gasteiger partial charge in [-0.3, -0.25) is 0 Å². The van der Waals surface area contributed by atoms with Gasteiger partial charge in [0.2, 0.25) is 0 Å². The molecule has 0 aromatic heterocycles. The molecule has 1 unspecified atom stereocenters. The number of hydrogen-bond donors (Lipinski definition) is 0. The number of para-hydroxylation sites is 1. The molecule has 0 radical (unpaired) electrons. The minimum absolute atomic E-state index is 0.0568. The Morgan fingerprint density at radius 2 is 1.48 bits per heavy atom. The van der Waals surface area contributed by atoms with Gasteiger partial charge >= 0.3 is 89.9 Å². The van der Waals surface area contributed by atoms with E-state index in [1.54, 1.807) is 5.56 Å². The Kier molecular flexibility index (Phi) is 10.2. The second kappa shape index (κ2) is 12.2. The van der Waals surface area contributed by atoms with Gasteiger partial charge in [0.05, 0.1) is 6.26 Å². The molecule has 0 heterocycles. The fraction of sp³-hybridized carbons (Fsp3) is 0.400. The van der Waals surface area contributed by atoms with E-state index in [2.05, 4.69) is 104 Å². The summed E-state index contributed by atoms with van der Waals surface area (Å²) in [4.78, 5) is 0. The molecule has 0 bridgehead atoms. The van der Waals surface area contributed by atoms with Crippen LogP contribution in [0.3, 0.4) is 0 Å². The summed E-state index contributed by atoms with van der Waals surface area (Å²) in [5, 5.41) is 0. The average Bonchev–Trinajstić information content (AvgIpc) is 3.13. The van der Waals surface area contributed by atoms with E-state index in [0.717, 1.165) is 9.97 Å². The third kappa shape index (κ3) is 9.28. The fourth-order valence-corrected chi connectivity index (χ4v) is 9.56. The predicted molar refractivity (Wildman–Crippen MR) is 145 cm³/mol. The van der Waals surface area contributed by atoms with E-state index >= 15 is 0 Å². The molecular weight excluding hydrogens is 452 g/mol. The molecule has 0 saturated carbocycles. The quantitative estimate of drug-likeness (QED) is 0.229. The topological polar surface area (TPSA) is 9.23 Å². The van der Waals surface area contributed by atoms with Gasteiger partial charge in [0.1, 0.15) is 5.75 Å². The van der Waals surface area contributed by atoms with Crippen LogP contribution in [0.25, 0.3) is 6.08 Å². The average molecular weight is 495 g/mol. The van der Waals surface area contributed by atoms with Crippen LogP contribution in [-0.2, 0) is 18.4 Å². The molecule has 1 atom stereocenters. The van der Waals surface area contributed by atoms with E-state index in [1.165, 1.54) is 16.7 Å². The van der Waals surface area contributed by atoms with Crippen LogP contribution in [-0.4, -0.2) is 6.66 Å². The summed E-state index contributed by atoms with van der Waals surface area (Å²) >= 11 is 0.290. The standard InChI is InChI=1S/C19H28O.C9H7.C2H7Si.Ti/c1-15(18(2,3)4)13-16(19(5,6)7)14-20-17-11-9-8-10-12-17;1-2-5-9-7-3-6-8(9)4-1;1-3-2;/h8-14H,1-7H3;1-7H;3H,1-2H3;. The molecular formula is C30H42OSiTi. The van der Waals surface area contributed by atoms with Crippen molar-refractivity contribution in [1.82, 2.24) is 0 Å². The van der Waals surface area contributed by atoms with Crippen LogP contribution in [0.15, 0.2) is 84.2 Å². The third-order valence-electron chi connectivity index (χ3n) is 5.80. The van der Waals surface area contributed by atoms with Crippen LogP contribution in [0.2, 0.25) is 13.1 Å². The normalized spacial score (nSPS) is 16.2. The molecule has 3 rings (SSSR count). The summed E-state index contributed by atoms with van der Waals surface area (Å²) in [5.74, 6) is 0.871. The molecule has 3 heteroatoms. The van der Waals surface area contributed by atoms with Gasteiger partial charge in [0.15, 0.2) is 0 Å². The zero-order valence-corrected chi connectivity index (χ0v) is 24.8. The van der Waals surface area contributed by atoms with Crippen molar-refractivity contribution in [2.75, 3.05) is 0 Å². The minimum atomic E-state index is -0.309. The second-order valence-corrected chi connectivity index (χ2v) is 21.7. The maximum absolute atomic E-state index is 5.80. The second-order valence-electron chi connectivity index (χ2n) is 11.1. The first-order valence-electron chi connectivity index (χ1n) is 12.0. The molecule has 1 aliphatic carbocycles. The van der Waals surface area contributed by atoms with E-state index in [4.69, 9.17) is 4.74 Å². The van der Waals surface area contributed by atoms with Crippen molar-refractivity contribution >= 4 is 12.7 Å². The van der Waals surface area contributed by atoms with Gasteiger partial charge in [-0.2, -0.15) is 0 Å². The molecule has 0 amide bonds. The summed E-state index contributed by atoms with van der Waals surface area (Å²) in [6.07, 6.45) is 8.87. The number of ether oxygens (including phenoxy) is 1. The molecule has 1 aliphatic rings. The SMILES string of the molecule is CC(=CC(=COc1ccccc1)C(C)(C)C)C(C)(C)C.C[SiH](C)[Ti][CH]1C=Cc2ccccc21. The molecule has 0 fully saturated rings. The maximum atomic E-state index is 5.80. The zero-order valence-electron chi connectivity index (χ0n) is 22.1. The Morgan fingerprint density at radius 1 is 0.879 bits per heavy atom. The molecule has 0 N–H and O–H groups in total. The number of hydrogen-bond acceptors (Lipinski definition) is 1. The number of rotatable bonds is 5. The molecule has 0 saturated heterocycles. The number of allylic oxidation sites excluding steroid dienone is 4. The van der Waals surface area contributed by atoms with E-state index in [0.29, 0.717) is 18.4 Å². The predicted octanol–water partition coefficient (Wildman–Crippen LogP) is 8.81. The Hall–Kier alpha value is -1.61. The van der Waals surface area contributed by atoms with Crippen molar-refractivity contribution in [2.45, 2.75) is 65.8 Å². The third-order valence-corrected chi connectivity index (χ3v) is 12.4. The monoisotopic (exact) mass is 494 g/mol. The molecule has 33 heavy (non-hydrogen) atoms. The van der Waals surface area contributed by atoms with E-state index < -0.39 is 0 Å². The molecule has 2 aromatic rings. The van der Waals surface area contributed by atoms with Crippen molar-refractivity contribution < 1.29 is 23.1 Å². The van der Waals surface area contributed by atoms with Crippen LogP contribution in [0.4, 0.5) is 0 Å². The Morgan fingerprint density at radius 3 is 2.06 bits per heavy atom. The number of benzene rings is 2. The zero-order chi connectivity index (χ0) is 24.6. The van der Waals surface area contributed by atoms with Crippen LogP contribution < -0.4 is 4.74 Å². The van der Waals surface area contributed by atoms with Crippen LogP contribution in [0, 0.1) is 10.8 Å². The van der Waals surface area contributed by atoms with Crippen LogP contribution in [0.5, 0.6) is 5.75 Å². The van der Waals surface area contributed by atoms with Crippen LogP contribution in [0.1, 0.15) is 63.8 Å². The number of fused-ring (bicyclic) bond motifs is 1. The van der Waals surface area contributed by atoms with Gasteiger partial charge in [0.25, 0.3) is 0 Å². The van der Waals surface area contributed by atoms with Crippen molar-refractivity contribution in [1.29, 1.82) is 0 Å².